The van der Waals surface area contributed by atoms with Gasteiger partial charge in [0.25, 0.3) is 0 Å². The molecule has 28 heavy (non-hydrogen) atoms. The molecule has 0 spiro atoms. The molecular formula is C21H25ClFN3O2. The number of benzene rings is 1. The molecule has 3 rings (SSSR count). The summed E-state index contributed by atoms with van der Waals surface area (Å²) < 4.78 is 16.9. The highest BCUT2D eigenvalue weighted by Gasteiger charge is 2.42. The SMILES string of the molecule is Cc1c(Cl)cccc1C=C(F)c1nc2c(n1C)CCN(C(=O)O)C2C(C)(C)C. The normalized spacial score (nSPS) is 17.6. The van der Waals surface area contributed by atoms with E-state index in [1.807, 2.05) is 27.7 Å². The van der Waals surface area contributed by atoms with E-state index >= 15 is 4.39 Å². The van der Waals surface area contributed by atoms with Crippen LogP contribution in [0.25, 0.3) is 11.9 Å². The highest BCUT2D eigenvalue weighted by atomic mass is 35.5. The maximum atomic E-state index is 15.2. The van der Waals surface area contributed by atoms with Crippen LogP contribution in [0.3, 0.4) is 0 Å². The first-order valence-corrected chi connectivity index (χ1v) is 9.58. The summed E-state index contributed by atoms with van der Waals surface area (Å²) in [6.07, 6.45) is 0.945. The quantitative estimate of drug-likeness (QED) is 0.720. The number of carboxylic acid groups (broad SMARTS) is 1. The van der Waals surface area contributed by atoms with Crippen LogP contribution in [0.1, 0.15) is 55.2 Å². The summed E-state index contributed by atoms with van der Waals surface area (Å²) in [5.74, 6) is -0.275. The molecule has 0 bridgehead atoms. The molecule has 1 amide bonds. The van der Waals surface area contributed by atoms with E-state index in [2.05, 4.69) is 4.98 Å². The topological polar surface area (TPSA) is 58.4 Å². The zero-order chi connectivity index (χ0) is 20.8. The van der Waals surface area contributed by atoms with Gasteiger partial charge in [-0.25, -0.2) is 14.2 Å². The van der Waals surface area contributed by atoms with Crippen molar-refractivity contribution in [3.05, 3.63) is 51.6 Å². The van der Waals surface area contributed by atoms with Gasteiger partial charge in [-0.05, 0) is 35.6 Å². The van der Waals surface area contributed by atoms with Gasteiger partial charge in [0.2, 0.25) is 0 Å². The molecule has 1 aliphatic heterocycles. The van der Waals surface area contributed by atoms with E-state index in [4.69, 9.17) is 11.6 Å². The van der Waals surface area contributed by atoms with Gasteiger partial charge in [0.1, 0.15) is 0 Å². The van der Waals surface area contributed by atoms with E-state index in [0.29, 0.717) is 29.2 Å². The maximum absolute atomic E-state index is 15.2. The van der Waals surface area contributed by atoms with Crippen LogP contribution in [0, 0.1) is 12.3 Å². The van der Waals surface area contributed by atoms with Crippen LogP contribution in [-0.4, -0.2) is 32.2 Å². The third-order valence-corrected chi connectivity index (χ3v) is 5.69. The predicted octanol–water partition coefficient (Wildman–Crippen LogP) is 5.47. The van der Waals surface area contributed by atoms with Gasteiger partial charge in [0, 0.05) is 30.7 Å². The van der Waals surface area contributed by atoms with E-state index in [0.717, 1.165) is 11.3 Å². The first-order valence-electron chi connectivity index (χ1n) is 9.20. The van der Waals surface area contributed by atoms with E-state index in [9.17, 15) is 9.90 Å². The van der Waals surface area contributed by atoms with Gasteiger partial charge >= 0.3 is 6.09 Å². The fourth-order valence-corrected chi connectivity index (χ4v) is 4.03. The number of carbonyl (C=O) groups is 1. The van der Waals surface area contributed by atoms with Crippen molar-refractivity contribution in [3.63, 3.8) is 0 Å². The second-order valence-electron chi connectivity index (χ2n) is 8.27. The zero-order valence-corrected chi connectivity index (χ0v) is 17.5. The monoisotopic (exact) mass is 405 g/mol. The standard InChI is InChI=1S/C21H25ClFN3O2/c1-12-13(7-6-8-14(12)22)11-15(23)19-24-17-16(25(19)5)9-10-26(20(27)28)18(17)21(2,3)4/h6-8,11,18H,9-10H2,1-5H3,(H,27,28). The van der Waals surface area contributed by atoms with E-state index < -0.39 is 18.0 Å². The predicted molar refractivity (Wildman–Crippen MR) is 109 cm³/mol. The van der Waals surface area contributed by atoms with E-state index in [1.165, 1.54) is 11.0 Å². The largest absolute Gasteiger partial charge is 0.465 e. The van der Waals surface area contributed by atoms with Crippen molar-refractivity contribution in [2.45, 2.75) is 40.2 Å². The first kappa shape index (κ1) is 20.4. The van der Waals surface area contributed by atoms with Crippen LogP contribution in [0.15, 0.2) is 18.2 Å². The fourth-order valence-electron chi connectivity index (χ4n) is 3.85. The molecule has 5 nitrogen and oxygen atoms in total. The molecule has 0 radical (unpaired) electrons. The molecule has 1 aliphatic rings. The number of hydrogen-bond acceptors (Lipinski definition) is 2. The summed E-state index contributed by atoms with van der Waals surface area (Å²) in [7, 11) is 1.77. The lowest BCUT2D eigenvalue weighted by Crippen LogP contribution is -2.45. The summed E-state index contributed by atoms with van der Waals surface area (Å²) in [6.45, 7) is 8.11. The second kappa shape index (κ2) is 7.24. The molecule has 2 heterocycles. The average Bonchev–Trinajstić information content (AvgIpc) is 2.94. The van der Waals surface area contributed by atoms with E-state index in [1.54, 1.807) is 29.8 Å². The van der Waals surface area contributed by atoms with Gasteiger partial charge < -0.3 is 9.67 Å². The Kier molecular flexibility index (Phi) is 5.28. The highest BCUT2D eigenvalue weighted by molar-refractivity contribution is 6.31. The third-order valence-electron chi connectivity index (χ3n) is 5.28. The number of amides is 1. The molecule has 150 valence electrons. The Balaban J connectivity index is 2.10. The van der Waals surface area contributed by atoms with Crippen molar-refractivity contribution in [2.75, 3.05) is 6.54 Å². The smallest absolute Gasteiger partial charge is 0.407 e. The minimum Gasteiger partial charge on any atom is -0.465 e. The summed E-state index contributed by atoms with van der Waals surface area (Å²) in [6, 6.07) is 4.90. The Morgan fingerprint density at radius 2 is 2.07 bits per heavy atom. The minimum atomic E-state index is -0.983. The van der Waals surface area contributed by atoms with Crippen LogP contribution in [0.5, 0.6) is 0 Å². The Hall–Kier alpha value is -2.34. The third kappa shape index (κ3) is 3.53. The molecule has 1 aromatic carbocycles. The van der Waals surface area contributed by atoms with Gasteiger partial charge in [-0.2, -0.15) is 0 Å². The minimum absolute atomic E-state index is 0.200. The van der Waals surface area contributed by atoms with Crippen molar-refractivity contribution < 1.29 is 14.3 Å². The number of halogens is 2. The Morgan fingerprint density at radius 1 is 1.39 bits per heavy atom. The summed E-state index contributed by atoms with van der Waals surface area (Å²) in [5.41, 5.74) is 2.61. The van der Waals surface area contributed by atoms with Crippen LogP contribution in [0.4, 0.5) is 9.18 Å². The van der Waals surface area contributed by atoms with Crippen LogP contribution in [0.2, 0.25) is 5.02 Å². The lowest BCUT2D eigenvalue weighted by molar-refractivity contribution is 0.0732. The number of fused-ring (bicyclic) bond motifs is 1. The van der Waals surface area contributed by atoms with Crippen molar-refractivity contribution in [1.29, 1.82) is 0 Å². The van der Waals surface area contributed by atoms with Crippen molar-refractivity contribution in [3.8, 4) is 0 Å². The zero-order valence-electron chi connectivity index (χ0n) is 16.8. The molecule has 1 N–H and O–H groups in total. The van der Waals surface area contributed by atoms with Gasteiger partial charge in [-0.1, -0.05) is 44.5 Å². The molecule has 0 saturated heterocycles. The lowest BCUT2D eigenvalue weighted by Gasteiger charge is -2.41. The Bertz CT molecular complexity index is 959. The van der Waals surface area contributed by atoms with Crippen molar-refractivity contribution in [1.82, 2.24) is 14.5 Å². The molecular weight excluding hydrogens is 381 g/mol. The van der Waals surface area contributed by atoms with Gasteiger partial charge in [-0.15, -0.1) is 0 Å². The molecule has 1 atom stereocenters. The molecule has 2 aromatic rings. The number of rotatable bonds is 2. The highest BCUT2D eigenvalue weighted by Crippen LogP contribution is 2.42. The van der Waals surface area contributed by atoms with E-state index in [-0.39, 0.29) is 11.2 Å². The van der Waals surface area contributed by atoms with Crippen LogP contribution >= 0.6 is 11.6 Å². The van der Waals surface area contributed by atoms with Crippen molar-refractivity contribution in [2.24, 2.45) is 12.5 Å². The molecule has 0 aliphatic carbocycles. The van der Waals surface area contributed by atoms with Gasteiger partial charge in [-0.3, -0.25) is 4.90 Å². The number of aromatic nitrogens is 2. The summed E-state index contributed by atoms with van der Waals surface area (Å²) >= 11 is 6.14. The second-order valence-corrected chi connectivity index (χ2v) is 8.67. The molecule has 7 heteroatoms. The fraction of sp³-hybridized carbons (Fsp3) is 0.429. The summed E-state index contributed by atoms with van der Waals surface area (Å²) in [4.78, 5) is 17.7. The molecule has 1 unspecified atom stereocenters. The number of imidazole rings is 1. The van der Waals surface area contributed by atoms with Crippen molar-refractivity contribution >= 4 is 29.6 Å². The first-order chi connectivity index (χ1) is 13.0. The maximum Gasteiger partial charge on any atom is 0.407 e. The average molecular weight is 406 g/mol. The Morgan fingerprint density at radius 3 is 2.68 bits per heavy atom. The molecule has 0 fully saturated rings. The molecule has 0 saturated carbocycles. The summed E-state index contributed by atoms with van der Waals surface area (Å²) in [5, 5.41) is 10.2. The molecule has 1 aromatic heterocycles. The Labute approximate surface area is 169 Å². The van der Waals surface area contributed by atoms with Gasteiger partial charge in [0.15, 0.2) is 11.7 Å². The number of nitrogens with zero attached hydrogens (tertiary/aromatic N) is 3. The lowest BCUT2D eigenvalue weighted by atomic mass is 9.81. The van der Waals surface area contributed by atoms with Gasteiger partial charge in [0.05, 0.1) is 11.7 Å². The number of hydrogen-bond donors (Lipinski definition) is 1. The van der Waals surface area contributed by atoms with Crippen LogP contribution in [-0.2, 0) is 13.5 Å². The van der Waals surface area contributed by atoms with Crippen LogP contribution < -0.4 is 0 Å².